The largest absolute Gasteiger partial charge is 0.407 e. The fraction of sp³-hybridized carbons (Fsp3) is 0.444. The maximum absolute atomic E-state index is 12.4. The summed E-state index contributed by atoms with van der Waals surface area (Å²) < 4.78 is 28.6. The van der Waals surface area contributed by atoms with Crippen molar-refractivity contribution >= 4 is 33.4 Å². The van der Waals surface area contributed by atoms with E-state index in [9.17, 15) is 18.0 Å². The van der Waals surface area contributed by atoms with Gasteiger partial charge >= 0.3 is 6.01 Å². The molecule has 1 saturated heterocycles. The summed E-state index contributed by atoms with van der Waals surface area (Å²) in [5.41, 5.74) is 0.602. The summed E-state index contributed by atoms with van der Waals surface area (Å²) in [5, 5.41) is 10.3. The Morgan fingerprint density at radius 3 is 2.57 bits per heavy atom. The number of carbonyl (C=O) groups excluding carboxylic acids is 2. The predicted octanol–water partition coefficient (Wildman–Crippen LogP) is 1.98. The molecule has 0 bridgehead atoms. The molecule has 0 spiro atoms. The molecule has 1 aliphatic heterocycles. The number of sulfone groups is 1. The summed E-state index contributed by atoms with van der Waals surface area (Å²) in [6, 6.07) is 6.16. The molecule has 2 aromatic rings. The van der Waals surface area contributed by atoms with Crippen molar-refractivity contribution in [2.45, 2.75) is 37.5 Å². The smallest absolute Gasteiger partial charge is 0.322 e. The Hall–Kier alpha value is -2.75. The van der Waals surface area contributed by atoms with Gasteiger partial charge < -0.3 is 9.32 Å². The number of hydrogen-bond donors (Lipinski definition) is 1. The second-order valence-corrected chi connectivity index (χ2v) is 9.28. The summed E-state index contributed by atoms with van der Waals surface area (Å²) >= 11 is 0. The maximum atomic E-state index is 12.4. The molecule has 9 nitrogen and oxygen atoms in total. The van der Waals surface area contributed by atoms with Crippen LogP contribution in [-0.2, 0) is 19.4 Å². The van der Waals surface area contributed by atoms with Gasteiger partial charge in [0.25, 0.3) is 0 Å². The third-order valence-corrected chi connectivity index (χ3v) is 5.46. The van der Waals surface area contributed by atoms with Crippen molar-refractivity contribution in [3.8, 4) is 0 Å². The van der Waals surface area contributed by atoms with Gasteiger partial charge in [-0.2, -0.15) is 0 Å². The maximum Gasteiger partial charge on any atom is 0.322 e. The lowest BCUT2D eigenvalue weighted by Crippen LogP contribution is -2.24. The molecule has 0 aliphatic carbocycles. The first-order valence-corrected chi connectivity index (χ1v) is 10.8. The van der Waals surface area contributed by atoms with Crippen LogP contribution in [0.2, 0.25) is 0 Å². The van der Waals surface area contributed by atoms with E-state index in [1.165, 1.54) is 12.1 Å². The number of nitrogens with one attached hydrogen (secondary N) is 1. The Kier molecular flexibility index (Phi) is 5.50. The van der Waals surface area contributed by atoms with Gasteiger partial charge in [0.2, 0.25) is 17.7 Å². The average molecular weight is 406 g/mol. The van der Waals surface area contributed by atoms with Crippen LogP contribution in [0.1, 0.15) is 38.5 Å². The number of aromatic nitrogens is 2. The Bertz CT molecular complexity index is 982. The Balaban J connectivity index is 1.68. The molecular weight excluding hydrogens is 384 g/mol. The van der Waals surface area contributed by atoms with Crippen LogP contribution in [0, 0.1) is 5.92 Å². The molecule has 0 saturated carbocycles. The van der Waals surface area contributed by atoms with E-state index in [-0.39, 0.29) is 46.9 Å². The molecule has 3 rings (SSSR count). The van der Waals surface area contributed by atoms with E-state index in [1.54, 1.807) is 17.0 Å². The zero-order chi connectivity index (χ0) is 20.5. The van der Waals surface area contributed by atoms with Crippen molar-refractivity contribution < 1.29 is 22.4 Å². The van der Waals surface area contributed by atoms with E-state index in [0.717, 1.165) is 6.26 Å². The minimum Gasteiger partial charge on any atom is -0.407 e. The van der Waals surface area contributed by atoms with Gasteiger partial charge in [-0.05, 0) is 30.2 Å². The van der Waals surface area contributed by atoms with Crippen LogP contribution in [0.25, 0.3) is 0 Å². The molecule has 150 valence electrons. The van der Waals surface area contributed by atoms with Gasteiger partial charge in [0, 0.05) is 31.3 Å². The lowest BCUT2D eigenvalue weighted by Gasteiger charge is -2.16. The number of nitrogens with zero attached hydrogens (tertiary/aromatic N) is 3. The quantitative estimate of drug-likeness (QED) is 0.778. The second-order valence-electron chi connectivity index (χ2n) is 7.26. The Morgan fingerprint density at radius 2 is 1.96 bits per heavy atom. The molecule has 0 unspecified atom stereocenters. The topological polar surface area (TPSA) is 122 Å². The van der Waals surface area contributed by atoms with Gasteiger partial charge in [-0.1, -0.05) is 18.9 Å². The summed E-state index contributed by atoms with van der Waals surface area (Å²) in [5.74, 6) is -0.146. The van der Waals surface area contributed by atoms with Crippen LogP contribution in [0.5, 0.6) is 0 Å². The molecular formula is C18H22N4O5S. The van der Waals surface area contributed by atoms with E-state index < -0.39 is 9.84 Å². The first-order chi connectivity index (χ1) is 13.1. The molecule has 10 heteroatoms. The standard InChI is InChI=1S/C18H22N4O5S/c1-11(2)8-15(23)19-18-21-20-17(27-18)12-9-16(24)22(10-12)13-4-6-14(7-5-13)28(3,25)26/h4-7,11-12H,8-10H2,1-3H3,(H,19,21,23)/t12-/m0/s1. The van der Waals surface area contributed by atoms with Crippen LogP contribution in [-0.4, -0.2) is 43.2 Å². The van der Waals surface area contributed by atoms with Crippen molar-refractivity contribution in [2.24, 2.45) is 5.92 Å². The zero-order valence-electron chi connectivity index (χ0n) is 15.9. The van der Waals surface area contributed by atoms with Crippen LogP contribution >= 0.6 is 0 Å². The van der Waals surface area contributed by atoms with Crippen LogP contribution in [0.15, 0.2) is 33.6 Å². The Morgan fingerprint density at radius 1 is 1.29 bits per heavy atom. The third-order valence-electron chi connectivity index (χ3n) is 4.33. The molecule has 28 heavy (non-hydrogen) atoms. The monoisotopic (exact) mass is 406 g/mol. The van der Waals surface area contributed by atoms with Crippen LogP contribution < -0.4 is 10.2 Å². The number of amides is 2. The average Bonchev–Trinajstić information content (AvgIpc) is 3.20. The van der Waals surface area contributed by atoms with E-state index >= 15 is 0 Å². The predicted molar refractivity (Wildman–Crippen MR) is 102 cm³/mol. The number of benzene rings is 1. The molecule has 1 aromatic heterocycles. The minimum absolute atomic E-state index is 0.0176. The molecule has 1 N–H and O–H groups in total. The van der Waals surface area contributed by atoms with Gasteiger partial charge in [-0.25, -0.2) is 8.42 Å². The minimum atomic E-state index is -3.30. The molecule has 2 heterocycles. The highest BCUT2D eigenvalue weighted by atomic mass is 32.2. The van der Waals surface area contributed by atoms with Gasteiger partial charge in [0.05, 0.1) is 10.8 Å². The molecule has 1 aromatic carbocycles. The third kappa shape index (κ3) is 4.56. The highest BCUT2D eigenvalue weighted by molar-refractivity contribution is 7.90. The van der Waals surface area contributed by atoms with E-state index in [4.69, 9.17) is 4.42 Å². The summed E-state index contributed by atoms with van der Waals surface area (Å²) in [6.07, 6.45) is 1.67. The summed E-state index contributed by atoms with van der Waals surface area (Å²) in [4.78, 5) is 25.9. The lowest BCUT2D eigenvalue weighted by molar-refractivity contribution is -0.118. The number of hydrogen-bond acceptors (Lipinski definition) is 7. The second kappa shape index (κ2) is 7.70. The summed E-state index contributed by atoms with van der Waals surface area (Å²) in [6.45, 7) is 4.19. The number of rotatable bonds is 6. The summed E-state index contributed by atoms with van der Waals surface area (Å²) in [7, 11) is -3.30. The fourth-order valence-corrected chi connectivity index (χ4v) is 3.62. The van der Waals surface area contributed by atoms with E-state index in [1.807, 2.05) is 13.8 Å². The normalized spacial score (nSPS) is 17.4. The van der Waals surface area contributed by atoms with Gasteiger partial charge in [0.15, 0.2) is 9.84 Å². The highest BCUT2D eigenvalue weighted by Gasteiger charge is 2.35. The van der Waals surface area contributed by atoms with Gasteiger partial charge in [0.1, 0.15) is 0 Å². The van der Waals surface area contributed by atoms with Crippen molar-refractivity contribution in [2.75, 3.05) is 23.0 Å². The molecule has 1 aliphatic rings. The zero-order valence-corrected chi connectivity index (χ0v) is 16.7. The molecule has 1 fully saturated rings. The molecule has 1 atom stereocenters. The van der Waals surface area contributed by atoms with Crippen molar-refractivity contribution in [1.29, 1.82) is 0 Å². The van der Waals surface area contributed by atoms with Crippen LogP contribution in [0.3, 0.4) is 0 Å². The van der Waals surface area contributed by atoms with Crippen molar-refractivity contribution in [3.05, 3.63) is 30.2 Å². The Labute approximate surface area is 163 Å². The van der Waals surface area contributed by atoms with E-state index in [0.29, 0.717) is 18.7 Å². The molecule has 2 amide bonds. The number of anilines is 2. The van der Waals surface area contributed by atoms with Gasteiger partial charge in [-0.3, -0.25) is 14.9 Å². The van der Waals surface area contributed by atoms with Crippen molar-refractivity contribution in [3.63, 3.8) is 0 Å². The fourth-order valence-electron chi connectivity index (χ4n) is 2.99. The first-order valence-electron chi connectivity index (χ1n) is 8.87. The first kappa shape index (κ1) is 20.0. The SMILES string of the molecule is CC(C)CC(=O)Nc1nnc([C@H]2CC(=O)N(c3ccc(S(C)(=O)=O)cc3)C2)o1. The lowest BCUT2D eigenvalue weighted by atomic mass is 10.1. The number of carbonyl (C=O) groups is 2. The van der Waals surface area contributed by atoms with Crippen LogP contribution in [0.4, 0.5) is 11.7 Å². The highest BCUT2D eigenvalue weighted by Crippen LogP contribution is 2.32. The van der Waals surface area contributed by atoms with Crippen molar-refractivity contribution in [1.82, 2.24) is 10.2 Å². The van der Waals surface area contributed by atoms with Gasteiger partial charge in [-0.15, -0.1) is 5.10 Å². The molecule has 0 radical (unpaired) electrons. The van der Waals surface area contributed by atoms with E-state index in [2.05, 4.69) is 15.5 Å².